The van der Waals surface area contributed by atoms with Gasteiger partial charge in [-0.3, -0.25) is 9.59 Å². The van der Waals surface area contributed by atoms with Gasteiger partial charge in [0.2, 0.25) is 15.9 Å². The van der Waals surface area contributed by atoms with Gasteiger partial charge in [0.05, 0.1) is 23.5 Å². The zero-order valence-corrected chi connectivity index (χ0v) is 17.2. The second-order valence-corrected chi connectivity index (χ2v) is 8.43. The van der Waals surface area contributed by atoms with E-state index in [1.807, 2.05) is 13.8 Å². The Morgan fingerprint density at radius 1 is 1.03 bits per heavy atom. The number of nitrogens with one attached hydrogen (secondary N) is 2. The van der Waals surface area contributed by atoms with E-state index in [1.54, 1.807) is 24.3 Å². The van der Waals surface area contributed by atoms with Gasteiger partial charge in [-0.25, -0.2) is 13.1 Å². The van der Waals surface area contributed by atoms with Crippen molar-refractivity contribution >= 4 is 27.6 Å². The van der Waals surface area contributed by atoms with Crippen LogP contribution >= 0.6 is 0 Å². The van der Waals surface area contributed by atoms with Crippen molar-refractivity contribution in [2.45, 2.75) is 44.2 Å². The quantitative estimate of drug-likeness (QED) is 0.573. The Morgan fingerprint density at radius 2 is 1.62 bits per heavy atom. The summed E-state index contributed by atoms with van der Waals surface area (Å²) in [7, 11) is -3.98. The fraction of sp³-hybridized carbons (Fsp3) is 0.300. The number of carboxylic acids is 1. The van der Waals surface area contributed by atoms with E-state index < -0.39 is 28.5 Å². The van der Waals surface area contributed by atoms with Crippen molar-refractivity contribution in [2.75, 3.05) is 5.32 Å². The monoisotopic (exact) mass is 420 g/mol. The van der Waals surface area contributed by atoms with Crippen LogP contribution in [0.25, 0.3) is 0 Å². The number of benzene rings is 2. The molecule has 0 unspecified atom stereocenters. The zero-order valence-electron chi connectivity index (χ0n) is 16.4. The zero-order chi connectivity index (χ0) is 21.6. The molecular formula is C20H24N2O6S. The molecule has 3 N–H and O–H groups in total. The summed E-state index contributed by atoms with van der Waals surface area (Å²) >= 11 is 0. The Hall–Kier alpha value is -2.91. The lowest BCUT2D eigenvalue weighted by Crippen LogP contribution is -2.30. The summed E-state index contributed by atoms with van der Waals surface area (Å²) in [6.45, 7) is 5.11. The predicted molar refractivity (Wildman–Crippen MR) is 108 cm³/mol. The summed E-state index contributed by atoms with van der Waals surface area (Å²) in [5.41, 5.74) is 0.959. The summed E-state index contributed by atoms with van der Waals surface area (Å²) in [4.78, 5) is 22.3. The maximum absolute atomic E-state index is 12.7. The normalized spacial score (nSPS) is 12.4. The molecule has 0 aliphatic carbocycles. The maximum Gasteiger partial charge on any atom is 0.305 e. The van der Waals surface area contributed by atoms with Crippen LogP contribution in [0.2, 0.25) is 0 Å². The van der Waals surface area contributed by atoms with Crippen molar-refractivity contribution in [1.29, 1.82) is 0 Å². The maximum atomic E-state index is 12.7. The minimum atomic E-state index is -3.98. The van der Waals surface area contributed by atoms with E-state index in [2.05, 4.69) is 10.0 Å². The Kier molecular flexibility index (Phi) is 7.35. The summed E-state index contributed by atoms with van der Waals surface area (Å²) in [6.07, 6.45) is -0.442. The molecule has 0 saturated carbocycles. The van der Waals surface area contributed by atoms with Gasteiger partial charge >= 0.3 is 5.97 Å². The lowest BCUT2D eigenvalue weighted by atomic mass is 10.0. The van der Waals surface area contributed by atoms with Crippen LogP contribution in [0.3, 0.4) is 0 Å². The molecule has 156 valence electrons. The molecular weight excluding hydrogens is 396 g/mol. The van der Waals surface area contributed by atoms with Crippen LogP contribution in [-0.2, 0) is 19.6 Å². The summed E-state index contributed by atoms with van der Waals surface area (Å²) < 4.78 is 33.4. The minimum Gasteiger partial charge on any atom is -0.491 e. The van der Waals surface area contributed by atoms with Crippen LogP contribution in [0, 0.1) is 0 Å². The number of hydrogen-bond acceptors (Lipinski definition) is 5. The smallest absolute Gasteiger partial charge is 0.305 e. The molecule has 2 aromatic rings. The Balaban J connectivity index is 2.24. The van der Waals surface area contributed by atoms with Gasteiger partial charge in [-0.2, -0.15) is 0 Å². The predicted octanol–water partition coefficient (Wildman–Crippen LogP) is 2.93. The highest BCUT2D eigenvalue weighted by Crippen LogP contribution is 2.24. The average molecular weight is 420 g/mol. The topological polar surface area (TPSA) is 122 Å². The van der Waals surface area contributed by atoms with E-state index in [-0.39, 0.29) is 16.9 Å². The number of carboxylic acid groups (broad SMARTS) is 1. The van der Waals surface area contributed by atoms with E-state index in [0.29, 0.717) is 17.0 Å². The van der Waals surface area contributed by atoms with Gasteiger partial charge in [-0.05, 0) is 55.8 Å². The van der Waals surface area contributed by atoms with E-state index in [4.69, 9.17) is 4.74 Å². The van der Waals surface area contributed by atoms with Crippen molar-refractivity contribution in [1.82, 2.24) is 4.72 Å². The summed E-state index contributed by atoms with van der Waals surface area (Å²) in [5, 5.41) is 11.8. The van der Waals surface area contributed by atoms with Gasteiger partial charge in [0.15, 0.2) is 0 Å². The lowest BCUT2D eigenvalue weighted by Gasteiger charge is -2.18. The van der Waals surface area contributed by atoms with Crippen LogP contribution in [-0.4, -0.2) is 31.5 Å². The fourth-order valence-corrected chi connectivity index (χ4v) is 3.85. The third kappa shape index (κ3) is 6.88. The molecule has 0 spiro atoms. The third-order valence-corrected chi connectivity index (χ3v) is 5.30. The summed E-state index contributed by atoms with van der Waals surface area (Å²) in [6, 6.07) is 11.2. The molecule has 0 fully saturated rings. The number of aliphatic carboxylic acids is 1. The van der Waals surface area contributed by atoms with Gasteiger partial charge in [-0.15, -0.1) is 0 Å². The molecule has 1 amide bonds. The van der Waals surface area contributed by atoms with Crippen LogP contribution in [0.15, 0.2) is 53.4 Å². The number of carbonyl (C=O) groups excluding carboxylic acids is 1. The average Bonchev–Trinajstić information content (AvgIpc) is 2.60. The molecule has 1 atom stereocenters. The van der Waals surface area contributed by atoms with Crippen LogP contribution in [0.1, 0.15) is 38.8 Å². The first-order valence-electron chi connectivity index (χ1n) is 8.95. The SMILES string of the molecule is CC(=O)Nc1ccc(S(=O)(=O)N[C@H](CC(=O)O)c2ccc(OC(C)C)cc2)cc1. The number of rotatable bonds is 9. The van der Waals surface area contributed by atoms with Crippen molar-refractivity contribution in [3.05, 3.63) is 54.1 Å². The molecule has 9 heteroatoms. The highest BCUT2D eigenvalue weighted by atomic mass is 32.2. The first-order chi connectivity index (χ1) is 13.6. The van der Waals surface area contributed by atoms with E-state index >= 15 is 0 Å². The number of hydrogen-bond donors (Lipinski definition) is 3. The standard InChI is InChI=1S/C20H24N2O6S/c1-13(2)28-17-8-4-15(5-9-17)19(12-20(24)25)22-29(26,27)18-10-6-16(7-11-18)21-14(3)23/h4-11,13,19,22H,12H2,1-3H3,(H,21,23)(H,24,25)/t19-/m1/s1. The molecule has 29 heavy (non-hydrogen) atoms. The highest BCUT2D eigenvalue weighted by Gasteiger charge is 2.24. The van der Waals surface area contributed by atoms with Crippen molar-refractivity contribution < 1.29 is 27.9 Å². The number of carbonyl (C=O) groups is 2. The Bertz CT molecular complexity index is 953. The number of amides is 1. The van der Waals surface area contributed by atoms with Gasteiger partial charge in [-0.1, -0.05) is 12.1 Å². The van der Waals surface area contributed by atoms with E-state index in [0.717, 1.165) is 0 Å². The largest absolute Gasteiger partial charge is 0.491 e. The molecule has 0 aliphatic rings. The lowest BCUT2D eigenvalue weighted by molar-refractivity contribution is -0.137. The van der Waals surface area contributed by atoms with Gasteiger partial charge < -0.3 is 15.2 Å². The first kappa shape index (κ1) is 22.4. The molecule has 0 radical (unpaired) electrons. The highest BCUT2D eigenvalue weighted by molar-refractivity contribution is 7.89. The molecule has 0 saturated heterocycles. The van der Waals surface area contributed by atoms with E-state index in [1.165, 1.54) is 31.2 Å². The van der Waals surface area contributed by atoms with Crippen molar-refractivity contribution in [2.24, 2.45) is 0 Å². The minimum absolute atomic E-state index is 0.0189. The van der Waals surface area contributed by atoms with Gasteiger partial charge in [0.1, 0.15) is 5.75 Å². The molecule has 0 aliphatic heterocycles. The number of sulfonamides is 1. The second-order valence-electron chi connectivity index (χ2n) is 6.71. The molecule has 0 aromatic heterocycles. The molecule has 2 aromatic carbocycles. The third-order valence-electron chi connectivity index (χ3n) is 3.82. The molecule has 2 rings (SSSR count). The molecule has 8 nitrogen and oxygen atoms in total. The van der Waals surface area contributed by atoms with Crippen molar-refractivity contribution in [3.8, 4) is 5.75 Å². The Morgan fingerprint density at radius 3 is 2.10 bits per heavy atom. The first-order valence-corrected chi connectivity index (χ1v) is 10.4. The van der Waals surface area contributed by atoms with Gasteiger partial charge in [0.25, 0.3) is 0 Å². The van der Waals surface area contributed by atoms with E-state index in [9.17, 15) is 23.1 Å². The number of ether oxygens (including phenoxy) is 1. The fourth-order valence-electron chi connectivity index (χ4n) is 2.63. The van der Waals surface area contributed by atoms with Crippen LogP contribution in [0.4, 0.5) is 5.69 Å². The van der Waals surface area contributed by atoms with Crippen LogP contribution < -0.4 is 14.8 Å². The number of anilines is 1. The summed E-state index contributed by atoms with van der Waals surface area (Å²) in [5.74, 6) is -0.805. The molecule has 0 bridgehead atoms. The van der Waals surface area contributed by atoms with Crippen molar-refractivity contribution in [3.63, 3.8) is 0 Å². The van der Waals surface area contributed by atoms with Crippen LogP contribution in [0.5, 0.6) is 5.75 Å². The Labute approximate surface area is 169 Å². The second kappa shape index (κ2) is 9.53. The van der Waals surface area contributed by atoms with Gasteiger partial charge in [0, 0.05) is 12.6 Å². The molecule has 0 heterocycles.